The average Bonchev–Trinajstić information content (AvgIpc) is 2.67. The Labute approximate surface area is 173 Å². The first-order chi connectivity index (χ1) is 13.3. The van der Waals surface area contributed by atoms with Gasteiger partial charge >= 0.3 is 0 Å². The standard InChI is InChI=1S/C20H30ClN3O3S/c1-16-7-5-11-23(14-16)22(2)20(25)13-17-8-6-12-24(15-17)28(26,27)19-10-4-3-9-18(19)21/h3-4,9-10,16-17H,5-8,11-15H2,1-2H3. The summed E-state index contributed by atoms with van der Waals surface area (Å²) in [7, 11) is -1.81. The molecule has 0 spiro atoms. The van der Waals surface area contributed by atoms with Gasteiger partial charge in [-0.3, -0.25) is 9.80 Å². The first-order valence-electron chi connectivity index (χ1n) is 10.0. The van der Waals surface area contributed by atoms with Crippen molar-refractivity contribution in [2.75, 3.05) is 33.2 Å². The Bertz CT molecular complexity index is 802. The van der Waals surface area contributed by atoms with Gasteiger partial charge in [-0.2, -0.15) is 4.31 Å². The topological polar surface area (TPSA) is 60.9 Å². The van der Waals surface area contributed by atoms with Crippen molar-refractivity contribution < 1.29 is 13.2 Å². The number of halogens is 1. The maximum absolute atomic E-state index is 13.0. The molecule has 0 aromatic heterocycles. The number of carbonyl (C=O) groups is 1. The maximum Gasteiger partial charge on any atom is 0.244 e. The van der Waals surface area contributed by atoms with E-state index < -0.39 is 10.0 Å². The van der Waals surface area contributed by atoms with E-state index in [1.54, 1.807) is 23.2 Å². The molecule has 1 aromatic rings. The zero-order valence-electron chi connectivity index (χ0n) is 16.7. The molecule has 0 radical (unpaired) electrons. The fraction of sp³-hybridized carbons (Fsp3) is 0.650. The molecule has 2 fully saturated rings. The average molecular weight is 428 g/mol. The van der Waals surface area contributed by atoms with Gasteiger partial charge in [0.25, 0.3) is 0 Å². The van der Waals surface area contributed by atoms with E-state index in [4.69, 9.17) is 11.6 Å². The molecule has 2 aliphatic heterocycles. The molecule has 6 nitrogen and oxygen atoms in total. The van der Waals surface area contributed by atoms with Gasteiger partial charge in [0.05, 0.1) is 5.02 Å². The van der Waals surface area contributed by atoms with E-state index >= 15 is 0 Å². The van der Waals surface area contributed by atoms with E-state index in [0.717, 1.165) is 32.4 Å². The van der Waals surface area contributed by atoms with Crippen molar-refractivity contribution in [1.82, 2.24) is 14.3 Å². The monoisotopic (exact) mass is 427 g/mol. The smallest absolute Gasteiger partial charge is 0.244 e. The molecule has 0 aliphatic carbocycles. The Hall–Kier alpha value is -1.15. The highest BCUT2D eigenvalue weighted by molar-refractivity contribution is 7.89. The van der Waals surface area contributed by atoms with E-state index in [2.05, 4.69) is 11.9 Å². The number of hydrazine groups is 1. The lowest BCUT2D eigenvalue weighted by Crippen LogP contribution is -2.49. The molecule has 2 heterocycles. The first kappa shape index (κ1) is 21.6. The summed E-state index contributed by atoms with van der Waals surface area (Å²) in [5.41, 5.74) is 0. The minimum atomic E-state index is -3.64. The molecule has 0 bridgehead atoms. The van der Waals surface area contributed by atoms with Crippen molar-refractivity contribution in [2.24, 2.45) is 11.8 Å². The second-order valence-corrected chi connectivity index (χ2v) is 10.4. The Morgan fingerprint density at radius 3 is 2.61 bits per heavy atom. The highest BCUT2D eigenvalue weighted by atomic mass is 35.5. The van der Waals surface area contributed by atoms with Crippen molar-refractivity contribution in [1.29, 1.82) is 0 Å². The van der Waals surface area contributed by atoms with Crippen LogP contribution in [0.15, 0.2) is 29.2 Å². The van der Waals surface area contributed by atoms with Crippen LogP contribution in [-0.4, -0.2) is 61.9 Å². The predicted octanol–water partition coefficient (Wildman–Crippen LogP) is 3.24. The van der Waals surface area contributed by atoms with Gasteiger partial charge < -0.3 is 0 Å². The molecule has 8 heteroatoms. The van der Waals surface area contributed by atoms with Gasteiger partial charge in [-0.25, -0.2) is 13.4 Å². The van der Waals surface area contributed by atoms with Gasteiger partial charge in [0.1, 0.15) is 4.90 Å². The Kier molecular flexibility index (Phi) is 7.02. The summed E-state index contributed by atoms with van der Waals surface area (Å²) in [6.45, 7) is 4.86. The number of amides is 1. The Morgan fingerprint density at radius 1 is 1.18 bits per heavy atom. The molecule has 2 unspecified atom stereocenters. The lowest BCUT2D eigenvalue weighted by Gasteiger charge is -2.38. The molecule has 2 atom stereocenters. The van der Waals surface area contributed by atoms with Gasteiger partial charge in [0, 0.05) is 39.6 Å². The first-order valence-corrected chi connectivity index (χ1v) is 11.9. The molecule has 2 saturated heterocycles. The van der Waals surface area contributed by atoms with Gasteiger partial charge in [-0.15, -0.1) is 0 Å². The van der Waals surface area contributed by atoms with E-state index in [-0.39, 0.29) is 21.7 Å². The summed E-state index contributed by atoms with van der Waals surface area (Å²) in [5.74, 6) is 0.689. The molecular formula is C20H30ClN3O3S. The molecule has 1 aromatic carbocycles. The predicted molar refractivity (Wildman–Crippen MR) is 110 cm³/mol. The number of hydrogen-bond acceptors (Lipinski definition) is 4. The van der Waals surface area contributed by atoms with Gasteiger partial charge in [-0.1, -0.05) is 30.7 Å². The van der Waals surface area contributed by atoms with Crippen LogP contribution in [0, 0.1) is 11.8 Å². The second-order valence-electron chi connectivity index (χ2n) is 8.08. The second kappa shape index (κ2) is 9.11. The lowest BCUT2D eigenvalue weighted by molar-refractivity contribution is -0.149. The molecule has 1 amide bonds. The van der Waals surface area contributed by atoms with Crippen molar-refractivity contribution >= 4 is 27.5 Å². The SMILES string of the molecule is CC1CCCN(N(C)C(=O)CC2CCCN(S(=O)(=O)c3ccccc3Cl)C2)C1. The van der Waals surface area contributed by atoms with E-state index in [9.17, 15) is 13.2 Å². The van der Waals surface area contributed by atoms with Crippen LogP contribution in [-0.2, 0) is 14.8 Å². The third-order valence-corrected chi connectivity index (χ3v) is 8.19. The van der Waals surface area contributed by atoms with Crippen molar-refractivity contribution in [3.05, 3.63) is 29.3 Å². The number of nitrogens with zero attached hydrogens (tertiary/aromatic N) is 3. The van der Waals surface area contributed by atoms with Crippen molar-refractivity contribution in [2.45, 2.75) is 43.9 Å². The molecule has 3 rings (SSSR count). The molecule has 28 heavy (non-hydrogen) atoms. The number of hydrogen-bond donors (Lipinski definition) is 0. The molecule has 0 saturated carbocycles. The lowest BCUT2D eigenvalue weighted by atomic mass is 9.95. The molecule has 0 N–H and O–H groups in total. The summed E-state index contributed by atoms with van der Waals surface area (Å²) in [6, 6.07) is 6.53. The number of piperidine rings is 2. The fourth-order valence-electron chi connectivity index (χ4n) is 4.18. The Balaban J connectivity index is 1.63. The van der Waals surface area contributed by atoms with Crippen molar-refractivity contribution in [3.8, 4) is 0 Å². The van der Waals surface area contributed by atoms with E-state index in [1.165, 1.54) is 16.8 Å². The minimum absolute atomic E-state index is 0.0307. The fourth-order valence-corrected chi connectivity index (χ4v) is 6.23. The zero-order chi connectivity index (χ0) is 20.3. The van der Waals surface area contributed by atoms with Crippen LogP contribution in [0.4, 0.5) is 0 Å². The van der Waals surface area contributed by atoms with Crippen LogP contribution in [0.25, 0.3) is 0 Å². The number of sulfonamides is 1. The maximum atomic E-state index is 13.0. The molecule has 156 valence electrons. The summed E-state index contributed by atoms with van der Waals surface area (Å²) in [6.07, 6.45) is 4.30. The summed E-state index contributed by atoms with van der Waals surface area (Å²) in [4.78, 5) is 12.9. The van der Waals surface area contributed by atoms with Crippen LogP contribution in [0.5, 0.6) is 0 Å². The van der Waals surface area contributed by atoms with Gasteiger partial charge in [0.15, 0.2) is 0 Å². The summed E-state index contributed by atoms with van der Waals surface area (Å²) in [5, 5.41) is 4.11. The normalized spacial score (nSPS) is 24.8. The van der Waals surface area contributed by atoms with Crippen LogP contribution in [0.3, 0.4) is 0 Å². The minimum Gasteiger partial charge on any atom is -0.278 e. The number of benzene rings is 1. The van der Waals surface area contributed by atoms with Crippen LogP contribution < -0.4 is 0 Å². The van der Waals surface area contributed by atoms with E-state index in [1.807, 2.05) is 7.05 Å². The van der Waals surface area contributed by atoms with Gasteiger partial charge in [-0.05, 0) is 49.7 Å². The quantitative estimate of drug-likeness (QED) is 0.723. The van der Waals surface area contributed by atoms with Crippen molar-refractivity contribution in [3.63, 3.8) is 0 Å². The molecule has 2 aliphatic rings. The van der Waals surface area contributed by atoms with E-state index in [0.29, 0.717) is 25.4 Å². The molecular weight excluding hydrogens is 398 g/mol. The summed E-state index contributed by atoms with van der Waals surface area (Å²) < 4.78 is 27.5. The number of rotatable bonds is 5. The van der Waals surface area contributed by atoms with Crippen LogP contribution in [0.2, 0.25) is 5.02 Å². The highest BCUT2D eigenvalue weighted by Crippen LogP contribution is 2.29. The van der Waals surface area contributed by atoms with Crippen LogP contribution >= 0.6 is 11.6 Å². The van der Waals surface area contributed by atoms with Gasteiger partial charge in [0.2, 0.25) is 15.9 Å². The highest BCUT2D eigenvalue weighted by Gasteiger charge is 2.33. The number of carbonyl (C=O) groups excluding carboxylic acids is 1. The largest absolute Gasteiger partial charge is 0.278 e. The Morgan fingerprint density at radius 2 is 1.89 bits per heavy atom. The summed E-state index contributed by atoms with van der Waals surface area (Å²) >= 11 is 6.12. The van der Waals surface area contributed by atoms with Crippen LogP contribution in [0.1, 0.15) is 39.0 Å². The third kappa shape index (κ3) is 4.87. The zero-order valence-corrected chi connectivity index (χ0v) is 18.3. The third-order valence-electron chi connectivity index (χ3n) is 5.82.